The number of ether oxygens (including phenoxy) is 5. The van der Waals surface area contributed by atoms with E-state index < -0.39 is 34.6 Å². The molecule has 3 aromatic rings. The van der Waals surface area contributed by atoms with Crippen LogP contribution in [0.15, 0.2) is 71.7 Å². The second-order valence-corrected chi connectivity index (χ2v) is 10.7. The average molecular weight is 590 g/mol. The molecule has 43 heavy (non-hydrogen) atoms. The summed E-state index contributed by atoms with van der Waals surface area (Å²) in [6, 6.07) is 20.4. The highest BCUT2D eigenvalue weighted by Crippen LogP contribution is 2.75. The minimum Gasteiger partial charge on any atom is -0.497 e. The Hall–Kier alpha value is -4.32. The number of hydrogen-bond acceptors (Lipinski definition) is 10. The van der Waals surface area contributed by atoms with Crippen LogP contribution in [0.2, 0.25) is 0 Å². The van der Waals surface area contributed by atoms with Crippen LogP contribution < -0.4 is 24.3 Å². The summed E-state index contributed by atoms with van der Waals surface area (Å²) >= 11 is 0. The van der Waals surface area contributed by atoms with Crippen molar-refractivity contribution in [2.24, 2.45) is 10.9 Å². The summed E-state index contributed by atoms with van der Waals surface area (Å²) in [5.74, 6) is -0.167. The fraction of sp³-hybridized carbons (Fsp3) is 0.375. The Balaban J connectivity index is 1.79. The number of aliphatic imine (C=N–C) groups is 1. The Bertz CT molecular complexity index is 1560. The number of methoxy groups -OCH3 is 4. The summed E-state index contributed by atoms with van der Waals surface area (Å²) in [6.07, 6.45) is 0. The van der Waals surface area contributed by atoms with Gasteiger partial charge >= 0.3 is 0 Å². The van der Waals surface area contributed by atoms with Gasteiger partial charge in [-0.3, -0.25) is 9.63 Å². The van der Waals surface area contributed by atoms with E-state index in [1.54, 1.807) is 26.4 Å². The van der Waals surface area contributed by atoms with Crippen LogP contribution in [0.5, 0.6) is 23.0 Å². The molecule has 0 bridgehead atoms. The normalized spacial score (nSPS) is 28.1. The molecular weight excluding hydrogens is 554 g/mol. The molecule has 0 saturated heterocycles. The molecule has 3 aliphatic rings. The topological polar surface area (TPSA) is 120 Å². The van der Waals surface area contributed by atoms with Crippen LogP contribution >= 0.6 is 0 Å². The van der Waals surface area contributed by atoms with E-state index in [0.717, 1.165) is 10.6 Å². The van der Waals surface area contributed by atoms with Crippen LogP contribution in [-0.2, 0) is 25.5 Å². The standard InChI is InChI=1S/C32H35N3O8/c1-35(42-6)29(36)28-26(19-10-8-7-9-11-19)30(20-12-14-21(39-3)15-13-20)31(32(28,37)34-25(33-31)18-38-2)27-23(41-5)16-22(40-4)17-24(27)43-30/h7-17,26,28,37H,18H2,1-6H3,(H,33,34)/t26-,28+,30+,31-,32-/m1/s1. The molecule has 11 nitrogen and oxygen atoms in total. The van der Waals surface area contributed by atoms with E-state index in [1.807, 2.05) is 54.6 Å². The Morgan fingerprint density at radius 1 is 0.977 bits per heavy atom. The number of benzene rings is 3. The maximum absolute atomic E-state index is 14.4. The smallest absolute Gasteiger partial charge is 0.254 e. The summed E-state index contributed by atoms with van der Waals surface area (Å²) in [6.45, 7) is 0.0492. The predicted octanol–water partition coefficient (Wildman–Crippen LogP) is 2.97. The first-order valence-electron chi connectivity index (χ1n) is 13.8. The van der Waals surface area contributed by atoms with Crippen LogP contribution in [0.1, 0.15) is 22.6 Å². The number of fused-ring (bicyclic) bond motifs is 1. The quantitative estimate of drug-likeness (QED) is 0.363. The molecule has 1 amide bonds. The molecular formula is C32H35N3O8. The number of hydrogen-bond donors (Lipinski definition) is 2. The molecule has 2 heterocycles. The lowest BCUT2D eigenvalue weighted by atomic mass is 9.68. The molecule has 1 spiro atoms. The van der Waals surface area contributed by atoms with Gasteiger partial charge in [-0.25, -0.2) is 10.1 Å². The lowest BCUT2D eigenvalue weighted by Gasteiger charge is -2.42. The molecule has 0 radical (unpaired) electrons. The monoisotopic (exact) mass is 589 g/mol. The zero-order valence-corrected chi connectivity index (χ0v) is 24.9. The van der Waals surface area contributed by atoms with Crippen molar-refractivity contribution in [1.82, 2.24) is 10.4 Å². The minimum absolute atomic E-state index is 0.0492. The van der Waals surface area contributed by atoms with E-state index in [-0.39, 0.29) is 6.61 Å². The van der Waals surface area contributed by atoms with Crippen molar-refractivity contribution in [3.05, 3.63) is 83.4 Å². The number of amides is 1. The fourth-order valence-corrected chi connectivity index (χ4v) is 7.21. The number of nitrogens with zero attached hydrogens (tertiary/aromatic N) is 2. The molecule has 2 N–H and O–H groups in total. The van der Waals surface area contributed by atoms with Crippen molar-refractivity contribution in [3.63, 3.8) is 0 Å². The van der Waals surface area contributed by atoms with Crippen molar-refractivity contribution in [2.75, 3.05) is 49.2 Å². The third kappa shape index (κ3) is 3.71. The van der Waals surface area contributed by atoms with E-state index in [0.29, 0.717) is 40.0 Å². The molecule has 6 rings (SSSR count). The van der Waals surface area contributed by atoms with E-state index in [9.17, 15) is 9.90 Å². The van der Waals surface area contributed by atoms with Crippen LogP contribution in [0, 0.1) is 5.92 Å². The fourth-order valence-electron chi connectivity index (χ4n) is 7.21. The van der Waals surface area contributed by atoms with Gasteiger partial charge in [-0.05, 0) is 23.3 Å². The van der Waals surface area contributed by atoms with E-state index in [2.05, 4.69) is 5.32 Å². The highest BCUT2D eigenvalue weighted by atomic mass is 16.7. The van der Waals surface area contributed by atoms with Crippen LogP contribution in [-0.4, -0.2) is 76.8 Å². The van der Waals surface area contributed by atoms with Crippen LogP contribution in [0.25, 0.3) is 0 Å². The zero-order chi connectivity index (χ0) is 30.6. The summed E-state index contributed by atoms with van der Waals surface area (Å²) < 4.78 is 29.6. The number of carbonyl (C=O) groups excluding carboxylic acids is 1. The highest BCUT2D eigenvalue weighted by molar-refractivity contribution is 5.93. The number of nitrogens with one attached hydrogen (secondary N) is 1. The zero-order valence-electron chi connectivity index (χ0n) is 24.9. The maximum atomic E-state index is 14.4. The first-order valence-corrected chi connectivity index (χ1v) is 13.8. The molecule has 0 unspecified atom stereocenters. The summed E-state index contributed by atoms with van der Waals surface area (Å²) in [7, 11) is 9.13. The number of hydroxylamine groups is 2. The number of amidine groups is 1. The lowest BCUT2D eigenvalue weighted by Crippen LogP contribution is -2.62. The second kappa shape index (κ2) is 10.4. The average Bonchev–Trinajstić information content (AvgIpc) is 3.56. The third-order valence-electron chi connectivity index (χ3n) is 8.88. The van der Waals surface area contributed by atoms with Gasteiger partial charge in [0.25, 0.3) is 5.91 Å². The van der Waals surface area contributed by atoms with Gasteiger partial charge in [0.05, 0.1) is 34.0 Å². The van der Waals surface area contributed by atoms with Crippen LogP contribution in [0.3, 0.4) is 0 Å². The Morgan fingerprint density at radius 2 is 1.67 bits per heavy atom. The summed E-state index contributed by atoms with van der Waals surface area (Å²) in [5, 5.41) is 17.6. The van der Waals surface area contributed by atoms with Gasteiger partial charge < -0.3 is 34.1 Å². The summed E-state index contributed by atoms with van der Waals surface area (Å²) in [4.78, 5) is 25.1. The molecule has 1 fully saturated rings. The lowest BCUT2D eigenvalue weighted by molar-refractivity contribution is -0.184. The van der Waals surface area contributed by atoms with Crippen molar-refractivity contribution in [2.45, 2.75) is 22.8 Å². The largest absolute Gasteiger partial charge is 0.497 e. The first-order chi connectivity index (χ1) is 20.8. The van der Waals surface area contributed by atoms with Crippen molar-refractivity contribution >= 4 is 11.7 Å². The number of aliphatic hydroxyl groups is 1. The molecule has 1 aliphatic carbocycles. The predicted molar refractivity (Wildman–Crippen MR) is 156 cm³/mol. The number of carbonyl (C=O) groups is 1. The van der Waals surface area contributed by atoms with Gasteiger partial charge in [-0.1, -0.05) is 42.5 Å². The third-order valence-corrected chi connectivity index (χ3v) is 8.88. The molecule has 0 aromatic heterocycles. The minimum atomic E-state index is -2.04. The number of rotatable bonds is 9. The van der Waals surface area contributed by atoms with Crippen LogP contribution in [0.4, 0.5) is 0 Å². The van der Waals surface area contributed by atoms with Gasteiger partial charge in [-0.15, -0.1) is 0 Å². The molecule has 226 valence electrons. The van der Waals surface area contributed by atoms with E-state index in [1.165, 1.54) is 28.4 Å². The van der Waals surface area contributed by atoms with Crippen molar-refractivity contribution in [3.8, 4) is 23.0 Å². The second-order valence-electron chi connectivity index (χ2n) is 10.7. The molecule has 2 aliphatic heterocycles. The van der Waals surface area contributed by atoms with Crippen molar-refractivity contribution < 1.29 is 38.4 Å². The molecule has 3 aromatic carbocycles. The van der Waals surface area contributed by atoms with E-state index >= 15 is 0 Å². The van der Waals surface area contributed by atoms with E-state index in [4.69, 9.17) is 33.5 Å². The molecule has 5 atom stereocenters. The Morgan fingerprint density at radius 3 is 2.28 bits per heavy atom. The van der Waals surface area contributed by atoms with Gasteiger partial charge in [0.1, 0.15) is 41.4 Å². The summed E-state index contributed by atoms with van der Waals surface area (Å²) in [5.41, 5.74) is -3.29. The Kier molecular flexibility index (Phi) is 6.99. The SMILES string of the molecule is COCC1=N[C@]23c4c(OC)cc(OC)cc4O[C@@]2(c2ccc(OC)cc2)[C@H](c2ccccc2)[C@@H](C(=O)N(C)OC)[C@]3(O)N1. The van der Waals surface area contributed by atoms with Gasteiger partial charge in [0.15, 0.2) is 16.9 Å². The molecule has 11 heteroatoms. The highest BCUT2D eigenvalue weighted by Gasteiger charge is 2.87. The first kappa shape index (κ1) is 28.8. The van der Waals surface area contributed by atoms with Gasteiger partial charge in [0, 0.05) is 32.2 Å². The van der Waals surface area contributed by atoms with Gasteiger partial charge in [0.2, 0.25) is 0 Å². The maximum Gasteiger partial charge on any atom is 0.254 e. The van der Waals surface area contributed by atoms with Gasteiger partial charge in [-0.2, -0.15) is 0 Å². The Labute approximate surface area is 249 Å². The van der Waals surface area contributed by atoms with Crippen molar-refractivity contribution in [1.29, 1.82) is 0 Å². The molecule has 1 saturated carbocycles.